The number of ketones is 2. The van der Waals surface area contributed by atoms with Crippen LogP contribution < -0.4 is 15.2 Å². The first-order valence-corrected chi connectivity index (χ1v) is 15.7. The zero-order chi connectivity index (χ0) is 36.7. The molecule has 2 N–H and O–H groups in total. The smallest absolute Gasteiger partial charge is 0.387 e. The number of halogens is 4. The number of hydrogen-bond donors (Lipinski definition) is 1. The molecular weight excluding hydrogens is 654 g/mol. The van der Waals surface area contributed by atoms with Crippen LogP contribution in [-0.4, -0.2) is 48.6 Å². The van der Waals surface area contributed by atoms with Crippen LogP contribution in [-0.2, 0) is 10.3 Å². The molecule has 0 saturated carbocycles. The Bertz CT molecular complexity index is 1870. The van der Waals surface area contributed by atoms with E-state index in [2.05, 4.69) is 14.5 Å². The number of rotatable bonds is 11. The summed E-state index contributed by atoms with van der Waals surface area (Å²) in [6.45, 7) is 1.45. The number of Topliss-reactive ketones (excluding diaryl/α,β-unsaturated/α-hetero) is 2. The zero-order valence-electron chi connectivity index (χ0n) is 28.1. The van der Waals surface area contributed by atoms with Crippen molar-refractivity contribution in [1.29, 1.82) is 0 Å². The van der Waals surface area contributed by atoms with Gasteiger partial charge in [0.2, 0.25) is 11.6 Å². The molecule has 262 valence electrons. The van der Waals surface area contributed by atoms with E-state index in [1.165, 1.54) is 29.2 Å². The van der Waals surface area contributed by atoms with Crippen molar-refractivity contribution < 1.29 is 41.4 Å². The maximum absolute atomic E-state index is 13.2. The van der Waals surface area contributed by atoms with E-state index in [1.807, 2.05) is 32.0 Å². The van der Waals surface area contributed by atoms with Crippen LogP contribution in [0.15, 0.2) is 102 Å². The molecule has 1 unspecified atom stereocenters. The summed E-state index contributed by atoms with van der Waals surface area (Å²) in [6.07, 6.45) is 0. The average molecular weight is 692 g/mol. The highest BCUT2D eigenvalue weighted by molar-refractivity contribution is 6.49. The highest BCUT2D eigenvalue weighted by Gasteiger charge is 2.49. The molecule has 5 rings (SSSR count). The normalized spacial score (nSPS) is 15.7. The fourth-order valence-corrected chi connectivity index (χ4v) is 5.49. The number of carbonyl (C=O) groups excluding carboxylic acids is 3. The van der Waals surface area contributed by atoms with Crippen molar-refractivity contribution in [1.82, 2.24) is 4.90 Å². The summed E-state index contributed by atoms with van der Waals surface area (Å²) in [4.78, 5) is 43.5. The van der Waals surface area contributed by atoms with Crippen molar-refractivity contribution in [3.63, 3.8) is 0 Å². The van der Waals surface area contributed by atoms with Gasteiger partial charge in [-0.1, -0.05) is 94.4 Å². The maximum atomic E-state index is 13.2. The lowest BCUT2D eigenvalue weighted by Crippen LogP contribution is -2.41. The largest absolute Gasteiger partial charge is 0.435 e. The number of guanidine groups is 1. The van der Waals surface area contributed by atoms with Crippen molar-refractivity contribution in [2.24, 2.45) is 10.7 Å². The van der Waals surface area contributed by atoms with Crippen molar-refractivity contribution in [3.05, 3.63) is 130 Å². The summed E-state index contributed by atoms with van der Waals surface area (Å²) in [7, 11) is 1.56. The molecule has 8 nitrogen and oxygen atoms in total. The number of carbonyl (C=O) groups is 3. The quantitative estimate of drug-likeness (QED) is 0.0972. The zero-order valence-corrected chi connectivity index (χ0v) is 28.1. The van der Waals surface area contributed by atoms with Crippen molar-refractivity contribution in [2.45, 2.75) is 58.3 Å². The van der Waals surface area contributed by atoms with E-state index in [1.54, 1.807) is 75.5 Å². The van der Waals surface area contributed by atoms with E-state index in [9.17, 15) is 31.9 Å². The Hall–Kier alpha value is -5.52. The molecule has 1 amide bonds. The molecule has 4 aromatic rings. The minimum absolute atomic E-state index is 0.0127. The Morgan fingerprint density at radius 2 is 1.16 bits per heavy atom. The Morgan fingerprint density at radius 1 is 0.680 bits per heavy atom. The molecule has 1 aliphatic rings. The molecule has 1 heterocycles. The van der Waals surface area contributed by atoms with E-state index in [-0.39, 0.29) is 46.3 Å². The first kappa shape index (κ1) is 37.3. The number of benzene rings is 4. The number of aliphatic imine (C=N–C) groups is 1. The van der Waals surface area contributed by atoms with E-state index < -0.39 is 30.3 Å². The van der Waals surface area contributed by atoms with Crippen LogP contribution in [0.25, 0.3) is 0 Å². The number of nitrogens with two attached hydrogens (primary N) is 1. The van der Waals surface area contributed by atoms with Gasteiger partial charge in [-0.3, -0.25) is 19.3 Å². The minimum Gasteiger partial charge on any atom is -0.435 e. The van der Waals surface area contributed by atoms with Gasteiger partial charge in [-0.2, -0.15) is 17.6 Å². The lowest BCUT2D eigenvalue weighted by Gasteiger charge is -2.27. The van der Waals surface area contributed by atoms with Gasteiger partial charge < -0.3 is 15.2 Å². The second kappa shape index (κ2) is 15.8. The van der Waals surface area contributed by atoms with E-state index in [4.69, 9.17) is 5.73 Å². The SMILES string of the molecule is CC(C)c1cc(C(=O)C(=O)c2ccccc2)ccc1OC(F)F.CC(C)c1cc(C2(c3ccccc3)N=C(N)N(C)C2=O)ccc1OC(F)F. The molecule has 0 radical (unpaired) electrons. The molecule has 1 atom stereocenters. The topological polar surface area (TPSA) is 111 Å². The lowest BCUT2D eigenvalue weighted by molar-refractivity contribution is -0.129. The summed E-state index contributed by atoms with van der Waals surface area (Å²) in [6, 6.07) is 26.0. The molecule has 0 aromatic heterocycles. The van der Waals surface area contributed by atoms with Crippen molar-refractivity contribution >= 4 is 23.4 Å². The third-order valence-corrected chi connectivity index (χ3v) is 8.05. The van der Waals surface area contributed by atoms with Gasteiger partial charge in [-0.05, 0) is 64.4 Å². The highest BCUT2D eigenvalue weighted by Crippen LogP contribution is 2.42. The van der Waals surface area contributed by atoms with Gasteiger partial charge in [0, 0.05) is 18.2 Å². The molecule has 12 heteroatoms. The fraction of sp³-hybridized carbons (Fsp3) is 0.263. The van der Waals surface area contributed by atoms with Crippen molar-refractivity contribution in [3.8, 4) is 11.5 Å². The number of hydrogen-bond acceptors (Lipinski definition) is 7. The molecule has 50 heavy (non-hydrogen) atoms. The van der Waals surface area contributed by atoms with E-state index >= 15 is 0 Å². The molecule has 1 aliphatic heterocycles. The van der Waals surface area contributed by atoms with Crippen LogP contribution in [0.1, 0.15) is 82.5 Å². The molecular formula is C38H37F4N3O5. The predicted octanol–water partition coefficient (Wildman–Crippen LogP) is 7.92. The van der Waals surface area contributed by atoms with Crippen LogP contribution in [0.5, 0.6) is 11.5 Å². The number of likely N-dealkylation sites (N-methyl/N-ethyl adjacent to an activating group) is 1. The third kappa shape index (κ3) is 8.02. The first-order chi connectivity index (χ1) is 23.7. The van der Waals surface area contributed by atoms with Crippen LogP contribution in [0.3, 0.4) is 0 Å². The van der Waals surface area contributed by atoms with Crippen molar-refractivity contribution in [2.75, 3.05) is 7.05 Å². The minimum atomic E-state index is -2.94. The number of amides is 1. The van der Waals surface area contributed by atoms with Crippen LogP contribution in [0.2, 0.25) is 0 Å². The van der Waals surface area contributed by atoms with Gasteiger partial charge in [0.15, 0.2) is 11.5 Å². The lowest BCUT2D eigenvalue weighted by atomic mass is 9.81. The van der Waals surface area contributed by atoms with Gasteiger partial charge in [0.05, 0.1) is 0 Å². The van der Waals surface area contributed by atoms with Crippen LogP contribution in [0, 0.1) is 0 Å². The monoisotopic (exact) mass is 691 g/mol. The van der Waals surface area contributed by atoms with Crippen LogP contribution >= 0.6 is 0 Å². The summed E-state index contributed by atoms with van der Waals surface area (Å²) < 4.78 is 59.5. The second-order valence-electron chi connectivity index (χ2n) is 12.0. The van der Waals surface area contributed by atoms with Crippen LogP contribution in [0.4, 0.5) is 17.6 Å². The molecule has 0 aliphatic carbocycles. The molecule has 0 bridgehead atoms. The predicted molar refractivity (Wildman–Crippen MR) is 181 cm³/mol. The van der Waals surface area contributed by atoms with E-state index in [0.29, 0.717) is 22.3 Å². The average Bonchev–Trinajstić information content (AvgIpc) is 3.32. The highest BCUT2D eigenvalue weighted by atomic mass is 19.3. The summed E-state index contributed by atoms with van der Waals surface area (Å²) >= 11 is 0. The Labute approximate surface area is 287 Å². The Kier molecular flexibility index (Phi) is 11.8. The maximum Gasteiger partial charge on any atom is 0.387 e. The summed E-state index contributed by atoms with van der Waals surface area (Å²) in [5.74, 6) is -1.65. The summed E-state index contributed by atoms with van der Waals surface area (Å²) in [5, 5.41) is 0. The van der Waals surface area contributed by atoms with E-state index in [0.717, 1.165) is 0 Å². The first-order valence-electron chi connectivity index (χ1n) is 15.7. The third-order valence-electron chi connectivity index (χ3n) is 8.05. The number of alkyl halides is 4. The van der Waals surface area contributed by atoms with Gasteiger partial charge in [-0.25, -0.2) is 4.99 Å². The van der Waals surface area contributed by atoms with Gasteiger partial charge >= 0.3 is 13.2 Å². The standard InChI is InChI=1S/C20H21F2N3O2.C18H16F2O3/c1-12(2)15-11-14(9-10-16(15)27-18(21)22)20(13-7-5-4-6-8-13)17(26)25(3)19(23)24-20;1-11(2)14-10-13(8-9-15(14)23-18(19)20)17(22)16(21)12-6-4-3-5-7-12/h4-12,18H,1-3H3,(H2,23,24);3-11,18H,1-2H3. The second-order valence-corrected chi connectivity index (χ2v) is 12.0. The van der Waals surface area contributed by atoms with Gasteiger partial charge in [0.1, 0.15) is 11.5 Å². The summed E-state index contributed by atoms with van der Waals surface area (Å²) in [5.41, 5.74) is 7.26. The molecule has 0 saturated heterocycles. The molecule has 4 aromatic carbocycles. The Morgan fingerprint density at radius 3 is 1.64 bits per heavy atom. The van der Waals surface area contributed by atoms with Gasteiger partial charge in [0.25, 0.3) is 5.91 Å². The fourth-order valence-electron chi connectivity index (χ4n) is 5.49. The number of ether oxygens (including phenoxy) is 2. The molecule has 0 spiro atoms. The molecule has 0 fully saturated rings. The number of nitrogens with zero attached hydrogens (tertiary/aromatic N) is 2. The Balaban J connectivity index is 0.000000228. The van der Waals surface area contributed by atoms with Gasteiger partial charge in [-0.15, -0.1) is 0 Å².